The topological polar surface area (TPSA) is 67.9 Å². The summed E-state index contributed by atoms with van der Waals surface area (Å²) < 4.78 is 10.2. The first-order chi connectivity index (χ1) is 9.78. The molecule has 21 heavy (non-hydrogen) atoms. The van der Waals surface area contributed by atoms with Gasteiger partial charge in [-0.05, 0) is 40.0 Å². The van der Waals surface area contributed by atoms with Gasteiger partial charge in [-0.2, -0.15) is 0 Å². The van der Waals surface area contributed by atoms with E-state index in [9.17, 15) is 9.59 Å². The van der Waals surface area contributed by atoms with Crippen molar-refractivity contribution in [1.29, 1.82) is 0 Å². The summed E-state index contributed by atoms with van der Waals surface area (Å²) in [6.45, 7) is 8.79. The Morgan fingerprint density at radius 3 is 2.57 bits per heavy atom. The predicted octanol–water partition coefficient (Wildman–Crippen LogP) is 1.93. The van der Waals surface area contributed by atoms with Gasteiger partial charge >= 0.3 is 12.1 Å². The molecule has 0 aliphatic carbocycles. The molecule has 1 heterocycles. The van der Waals surface area contributed by atoms with Gasteiger partial charge in [0, 0.05) is 19.1 Å². The van der Waals surface area contributed by atoms with Gasteiger partial charge in [0.1, 0.15) is 11.6 Å². The molecule has 1 saturated heterocycles. The van der Waals surface area contributed by atoms with Crippen molar-refractivity contribution >= 4 is 12.1 Å². The van der Waals surface area contributed by atoms with Crippen LogP contribution in [0.5, 0.6) is 0 Å². The third-order valence-corrected chi connectivity index (χ3v) is 3.50. The number of nitrogens with zero attached hydrogens (tertiary/aromatic N) is 1. The molecule has 0 aromatic rings. The molecule has 1 N–H and O–H groups in total. The largest absolute Gasteiger partial charge is 0.468 e. The fourth-order valence-corrected chi connectivity index (χ4v) is 2.42. The number of hydrogen-bond acceptors (Lipinski definition) is 5. The normalized spacial score (nSPS) is 20.2. The van der Waals surface area contributed by atoms with Gasteiger partial charge in [0.15, 0.2) is 0 Å². The van der Waals surface area contributed by atoms with E-state index < -0.39 is 5.60 Å². The first kappa shape index (κ1) is 17.8. The summed E-state index contributed by atoms with van der Waals surface area (Å²) >= 11 is 0. The van der Waals surface area contributed by atoms with Crippen LogP contribution in [0, 0.1) is 0 Å². The minimum Gasteiger partial charge on any atom is -0.468 e. The number of nitrogens with one attached hydrogen (secondary N) is 1. The molecule has 6 heteroatoms. The molecule has 1 aliphatic heterocycles. The van der Waals surface area contributed by atoms with Gasteiger partial charge in [-0.3, -0.25) is 4.79 Å². The van der Waals surface area contributed by atoms with E-state index in [1.54, 1.807) is 4.90 Å². The molecule has 0 aromatic heterocycles. The predicted molar refractivity (Wildman–Crippen MR) is 80.1 cm³/mol. The zero-order valence-electron chi connectivity index (χ0n) is 13.8. The number of carbonyl (C=O) groups is 2. The number of likely N-dealkylation sites (tertiary alicyclic amines) is 1. The Bertz CT molecular complexity index is 365. The second-order valence-electron chi connectivity index (χ2n) is 6.36. The SMILES string of the molecule is CCC(NCC1CCCN1C(=O)OC(C)(C)C)C(=O)OC. The maximum atomic E-state index is 12.2. The Kier molecular flexibility index (Phi) is 6.45. The molecule has 0 spiro atoms. The lowest BCUT2D eigenvalue weighted by molar-refractivity contribution is -0.143. The van der Waals surface area contributed by atoms with E-state index in [0.717, 1.165) is 12.8 Å². The van der Waals surface area contributed by atoms with E-state index in [0.29, 0.717) is 19.5 Å². The van der Waals surface area contributed by atoms with Crippen molar-refractivity contribution in [3.05, 3.63) is 0 Å². The summed E-state index contributed by atoms with van der Waals surface area (Å²) in [5.41, 5.74) is -0.490. The minimum absolute atomic E-state index is 0.0681. The third-order valence-electron chi connectivity index (χ3n) is 3.50. The summed E-state index contributed by atoms with van der Waals surface area (Å²) in [6, 6.07) is -0.255. The van der Waals surface area contributed by atoms with Gasteiger partial charge in [0.05, 0.1) is 7.11 Å². The van der Waals surface area contributed by atoms with Crippen LogP contribution in [-0.4, -0.2) is 54.8 Å². The lowest BCUT2D eigenvalue weighted by atomic mass is 10.1. The molecule has 1 fully saturated rings. The highest BCUT2D eigenvalue weighted by Crippen LogP contribution is 2.20. The Morgan fingerprint density at radius 2 is 2.05 bits per heavy atom. The van der Waals surface area contributed by atoms with Crippen molar-refractivity contribution in [3.63, 3.8) is 0 Å². The zero-order chi connectivity index (χ0) is 16.0. The fraction of sp³-hybridized carbons (Fsp3) is 0.867. The number of esters is 1. The van der Waals surface area contributed by atoms with Crippen LogP contribution in [0.2, 0.25) is 0 Å². The van der Waals surface area contributed by atoms with Crippen LogP contribution in [-0.2, 0) is 14.3 Å². The van der Waals surface area contributed by atoms with Gasteiger partial charge in [-0.1, -0.05) is 6.92 Å². The molecule has 0 bridgehead atoms. The van der Waals surface area contributed by atoms with Gasteiger partial charge in [0.25, 0.3) is 0 Å². The molecular formula is C15H28N2O4. The van der Waals surface area contributed by atoms with E-state index >= 15 is 0 Å². The summed E-state index contributed by atoms with van der Waals surface area (Å²) in [4.78, 5) is 25.5. The third kappa shape index (κ3) is 5.53. The van der Waals surface area contributed by atoms with Crippen LogP contribution in [0.15, 0.2) is 0 Å². The van der Waals surface area contributed by atoms with Crippen molar-refractivity contribution in [2.45, 2.75) is 64.6 Å². The monoisotopic (exact) mass is 300 g/mol. The minimum atomic E-state index is -0.490. The summed E-state index contributed by atoms with van der Waals surface area (Å²) in [7, 11) is 1.38. The number of hydrogen-bond donors (Lipinski definition) is 1. The molecule has 2 unspecified atom stereocenters. The highest BCUT2D eigenvalue weighted by atomic mass is 16.6. The molecular weight excluding hydrogens is 272 g/mol. The molecule has 122 valence electrons. The summed E-state index contributed by atoms with van der Waals surface area (Å²) in [6.07, 6.45) is 2.26. The summed E-state index contributed by atoms with van der Waals surface area (Å²) in [5, 5.41) is 3.19. The maximum absolute atomic E-state index is 12.2. The van der Waals surface area contributed by atoms with Crippen LogP contribution < -0.4 is 5.32 Å². The number of rotatable bonds is 5. The van der Waals surface area contributed by atoms with Gasteiger partial charge in [-0.25, -0.2) is 4.79 Å². The lowest BCUT2D eigenvalue weighted by Gasteiger charge is -2.29. The molecule has 6 nitrogen and oxygen atoms in total. The number of methoxy groups -OCH3 is 1. The number of ether oxygens (including phenoxy) is 2. The van der Waals surface area contributed by atoms with Gasteiger partial charge < -0.3 is 19.7 Å². The molecule has 0 radical (unpaired) electrons. The van der Waals surface area contributed by atoms with E-state index in [4.69, 9.17) is 9.47 Å². The standard InChI is InChI=1S/C15H28N2O4/c1-6-12(13(18)20-5)16-10-11-8-7-9-17(11)14(19)21-15(2,3)4/h11-12,16H,6-10H2,1-5H3. The van der Waals surface area contributed by atoms with Gasteiger partial charge in [-0.15, -0.1) is 0 Å². The number of amides is 1. The Balaban J connectivity index is 2.54. The molecule has 1 aliphatic rings. The Labute approximate surface area is 127 Å². The Morgan fingerprint density at radius 1 is 1.38 bits per heavy atom. The second kappa shape index (κ2) is 7.64. The summed E-state index contributed by atoms with van der Waals surface area (Å²) in [5.74, 6) is -0.265. The molecule has 2 atom stereocenters. The van der Waals surface area contributed by atoms with Crippen LogP contribution in [0.25, 0.3) is 0 Å². The lowest BCUT2D eigenvalue weighted by Crippen LogP contribution is -2.47. The van der Waals surface area contributed by atoms with Crippen LogP contribution in [0.1, 0.15) is 47.0 Å². The van der Waals surface area contributed by atoms with Crippen molar-refractivity contribution in [1.82, 2.24) is 10.2 Å². The van der Waals surface area contributed by atoms with Crippen LogP contribution >= 0.6 is 0 Å². The van der Waals surface area contributed by atoms with E-state index in [1.807, 2.05) is 27.7 Å². The van der Waals surface area contributed by atoms with Crippen molar-refractivity contribution < 1.29 is 19.1 Å². The molecule has 0 saturated carbocycles. The zero-order valence-corrected chi connectivity index (χ0v) is 13.8. The Hall–Kier alpha value is -1.30. The van der Waals surface area contributed by atoms with E-state index in [-0.39, 0.29) is 24.1 Å². The van der Waals surface area contributed by atoms with Gasteiger partial charge in [0.2, 0.25) is 0 Å². The smallest absolute Gasteiger partial charge is 0.410 e. The molecule has 1 rings (SSSR count). The van der Waals surface area contributed by atoms with Crippen molar-refractivity contribution in [3.8, 4) is 0 Å². The quantitative estimate of drug-likeness (QED) is 0.786. The maximum Gasteiger partial charge on any atom is 0.410 e. The second-order valence-corrected chi connectivity index (χ2v) is 6.36. The van der Waals surface area contributed by atoms with Crippen LogP contribution in [0.3, 0.4) is 0 Å². The highest BCUT2D eigenvalue weighted by Gasteiger charge is 2.32. The first-order valence-electron chi connectivity index (χ1n) is 7.59. The van der Waals surface area contributed by atoms with Crippen LogP contribution in [0.4, 0.5) is 4.79 Å². The average Bonchev–Trinajstić information content (AvgIpc) is 2.85. The molecule has 1 amide bonds. The average molecular weight is 300 g/mol. The number of carbonyl (C=O) groups excluding carboxylic acids is 2. The van der Waals surface area contributed by atoms with E-state index in [2.05, 4.69) is 5.32 Å². The fourth-order valence-electron chi connectivity index (χ4n) is 2.42. The van der Waals surface area contributed by atoms with E-state index in [1.165, 1.54) is 7.11 Å². The molecule has 0 aromatic carbocycles. The first-order valence-corrected chi connectivity index (χ1v) is 7.59. The van der Waals surface area contributed by atoms with Crippen molar-refractivity contribution in [2.75, 3.05) is 20.2 Å². The van der Waals surface area contributed by atoms with Crippen molar-refractivity contribution in [2.24, 2.45) is 0 Å². The highest BCUT2D eigenvalue weighted by molar-refractivity contribution is 5.75.